The van der Waals surface area contributed by atoms with Gasteiger partial charge in [-0.1, -0.05) is 24.6 Å². The van der Waals surface area contributed by atoms with Crippen molar-refractivity contribution in [3.63, 3.8) is 0 Å². The number of alkyl halides is 5. The first-order valence-electron chi connectivity index (χ1n) is 9.65. The van der Waals surface area contributed by atoms with Crippen molar-refractivity contribution >= 4 is 22.9 Å². The maximum Gasteiger partial charge on any atom is 0.433 e. The van der Waals surface area contributed by atoms with Gasteiger partial charge in [0.05, 0.1) is 21.2 Å². The molecule has 2 aromatic heterocycles. The second-order valence-corrected chi connectivity index (χ2v) is 8.59. The van der Waals surface area contributed by atoms with Crippen LogP contribution in [0.15, 0.2) is 36.5 Å². The number of hydrogen-bond donors (Lipinski definition) is 0. The van der Waals surface area contributed by atoms with Gasteiger partial charge in [-0.25, -0.2) is 13.8 Å². The topological polar surface area (TPSA) is 58.8 Å². The Kier molecular flexibility index (Phi) is 7.36. The van der Waals surface area contributed by atoms with Crippen LogP contribution in [0, 0.1) is 18.3 Å². The Balaban J connectivity index is 2.01. The molecular formula is C22H17ClF5N3OS. The Morgan fingerprint density at radius 3 is 2.45 bits per heavy atom. The van der Waals surface area contributed by atoms with Gasteiger partial charge >= 0.3 is 6.18 Å². The molecule has 0 aliphatic carbocycles. The molecule has 0 aliphatic rings. The SMILES string of the molecule is CCC(F)(F)COC(c1ccc(C#N)c(Cl)c1)c1sc(-c2ccc(C(F)(F)F)nc2)nc1C. The zero-order valence-electron chi connectivity index (χ0n) is 17.4. The molecule has 0 N–H and O–H groups in total. The van der Waals surface area contributed by atoms with E-state index in [2.05, 4.69) is 9.97 Å². The molecule has 0 bridgehead atoms. The highest BCUT2D eigenvalue weighted by Gasteiger charge is 2.33. The van der Waals surface area contributed by atoms with Crippen molar-refractivity contribution in [1.82, 2.24) is 9.97 Å². The molecule has 1 aromatic carbocycles. The van der Waals surface area contributed by atoms with E-state index in [1.54, 1.807) is 13.0 Å². The molecule has 2 heterocycles. The molecule has 0 amide bonds. The highest BCUT2D eigenvalue weighted by atomic mass is 35.5. The van der Waals surface area contributed by atoms with Gasteiger partial charge in [0.15, 0.2) is 0 Å². The lowest BCUT2D eigenvalue weighted by Crippen LogP contribution is -2.24. The fourth-order valence-electron chi connectivity index (χ4n) is 2.88. The number of pyridine rings is 1. The van der Waals surface area contributed by atoms with E-state index in [0.717, 1.165) is 23.6 Å². The van der Waals surface area contributed by atoms with Gasteiger partial charge in [-0.05, 0) is 36.8 Å². The fraction of sp³-hybridized carbons (Fsp3) is 0.318. The monoisotopic (exact) mass is 501 g/mol. The summed E-state index contributed by atoms with van der Waals surface area (Å²) in [5.74, 6) is -3.06. The second-order valence-electron chi connectivity index (χ2n) is 7.15. The third-order valence-electron chi connectivity index (χ3n) is 4.77. The number of nitrogens with zero attached hydrogens (tertiary/aromatic N) is 3. The Morgan fingerprint density at radius 2 is 1.91 bits per heavy atom. The summed E-state index contributed by atoms with van der Waals surface area (Å²) in [6.45, 7) is 2.12. The van der Waals surface area contributed by atoms with Gasteiger partial charge in [0.1, 0.15) is 29.5 Å². The second kappa shape index (κ2) is 9.71. The lowest BCUT2D eigenvalue weighted by Gasteiger charge is -2.22. The van der Waals surface area contributed by atoms with Gasteiger partial charge in [0.2, 0.25) is 0 Å². The Bertz CT molecular complexity index is 1170. The molecule has 11 heteroatoms. The largest absolute Gasteiger partial charge is 0.433 e. The van der Waals surface area contributed by atoms with Crippen molar-refractivity contribution in [1.29, 1.82) is 5.26 Å². The molecule has 0 spiro atoms. The zero-order chi connectivity index (χ0) is 24.4. The van der Waals surface area contributed by atoms with Crippen molar-refractivity contribution < 1.29 is 26.7 Å². The van der Waals surface area contributed by atoms with Gasteiger partial charge in [-0.2, -0.15) is 18.4 Å². The summed E-state index contributed by atoms with van der Waals surface area (Å²) in [7, 11) is 0. The highest BCUT2D eigenvalue weighted by Crippen LogP contribution is 2.39. The smallest absolute Gasteiger partial charge is 0.362 e. The van der Waals surface area contributed by atoms with Crippen LogP contribution in [-0.2, 0) is 10.9 Å². The van der Waals surface area contributed by atoms with Crippen LogP contribution in [0.4, 0.5) is 22.0 Å². The van der Waals surface area contributed by atoms with Crippen molar-refractivity contribution in [2.24, 2.45) is 0 Å². The summed E-state index contributed by atoms with van der Waals surface area (Å²) >= 11 is 7.22. The standard InChI is InChI=1S/C22H17ClF5N3OS/c1-3-21(24,25)11-32-18(13-4-5-14(9-29)16(23)8-13)19-12(2)31-20(33-19)15-6-7-17(30-10-15)22(26,27)28/h4-8,10,18H,3,11H2,1-2H3. The zero-order valence-corrected chi connectivity index (χ0v) is 19.0. The summed E-state index contributed by atoms with van der Waals surface area (Å²) in [6, 6.07) is 8.51. The Hall–Kier alpha value is -2.61. The van der Waals surface area contributed by atoms with Crippen LogP contribution in [0.5, 0.6) is 0 Å². The van der Waals surface area contributed by atoms with Gasteiger partial charge in [0, 0.05) is 18.2 Å². The van der Waals surface area contributed by atoms with E-state index in [1.165, 1.54) is 25.1 Å². The van der Waals surface area contributed by atoms with E-state index in [0.29, 0.717) is 26.7 Å². The lowest BCUT2D eigenvalue weighted by atomic mass is 10.0. The average Bonchev–Trinajstić information content (AvgIpc) is 3.15. The van der Waals surface area contributed by atoms with Crippen LogP contribution in [0.3, 0.4) is 0 Å². The van der Waals surface area contributed by atoms with E-state index in [1.807, 2.05) is 6.07 Å². The van der Waals surface area contributed by atoms with Crippen LogP contribution in [-0.4, -0.2) is 22.5 Å². The van der Waals surface area contributed by atoms with Crippen molar-refractivity contribution in [2.45, 2.75) is 38.5 Å². The fourth-order valence-corrected chi connectivity index (χ4v) is 4.24. The van der Waals surface area contributed by atoms with E-state index in [4.69, 9.17) is 21.6 Å². The molecule has 0 radical (unpaired) electrons. The number of halogens is 6. The third-order valence-corrected chi connectivity index (χ3v) is 6.33. The number of hydrogen-bond acceptors (Lipinski definition) is 5. The molecule has 0 fully saturated rings. The van der Waals surface area contributed by atoms with Crippen LogP contribution in [0.1, 0.15) is 46.8 Å². The normalized spacial score (nSPS) is 13.1. The van der Waals surface area contributed by atoms with Gasteiger partial charge in [-0.3, -0.25) is 4.98 Å². The number of aromatic nitrogens is 2. The number of rotatable bonds is 7. The minimum atomic E-state index is -4.57. The van der Waals surface area contributed by atoms with Crippen LogP contribution >= 0.6 is 22.9 Å². The quantitative estimate of drug-likeness (QED) is 0.321. The summed E-state index contributed by atoms with van der Waals surface area (Å²) in [4.78, 5) is 8.31. The van der Waals surface area contributed by atoms with Crippen molar-refractivity contribution in [3.05, 3.63) is 68.9 Å². The maximum atomic E-state index is 13.9. The molecule has 3 rings (SSSR count). The van der Waals surface area contributed by atoms with Crippen LogP contribution in [0.25, 0.3) is 10.6 Å². The first kappa shape index (κ1) is 25.0. The highest BCUT2D eigenvalue weighted by molar-refractivity contribution is 7.15. The van der Waals surface area contributed by atoms with Crippen LogP contribution in [0.2, 0.25) is 5.02 Å². The number of benzene rings is 1. The van der Waals surface area contributed by atoms with E-state index < -0.39 is 36.9 Å². The summed E-state index contributed by atoms with van der Waals surface area (Å²) in [5, 5.41) is 9.60. The molecule has 1 atom stereocenters. The minimum absolute atomic E-state index is 0.139. The molecule has 1 unspecified atom stereocenters. The minimum Gasteiger partial charge on any atom is -0.362 e. The summed E-state index contributed by atoms with van der Waals surface area (Å²) < 4.78 is 71.9. The molecule has 174 valence electrons. The maximum absolute atomic E-state index is 13.9. The van der Waals surface area contributed by atoms with Gasteiger partial charge in [-0.15, -0.1) is 11.3 Å². The molecule has 0 saturated carbocycles. The van der Waals surface area contributed by atoms with Crippen LogP contribution < -0.4 is 0 Å². The van der Waals surface area contributed by atoms with E-state index in [-0.39, 0.29) is 10.6 Å². The summed E-state index contributed by atoms with van der Waals surface area (Å²) in [5.41, 5.74) is 0.429. The first-order valence-corrected chi connectivity index (χ1v) is 10.8. The molecule has 0 saturated heterocycles. The predicted molar refractivity (Wildman–Crippen MR) is 114 cm³/mol. The Morgan fingerprint density at radius 1 is 1.18 bits per heavy atom. The van der Waals surface area contributed by atoms with Crippen molar-refractivity contribution in [2.75, 3.05) is 6.61 Å². The number of aryl methyl sites for hydroxylation is 1. The number of ether oxygens (including phenoxy) is 1. The molecule has 0 aliphatic heterocycles. The molecule has 4 nitrogen and oxygen atoms in total. The third kappa shape index (κ3) is 5.85. The Labute approximate surface area is 195 Å². The molecule has 33 heavy (non-hydrogen) atoms. The number of nitriles is 1. The van der Waals surface area contributed by atoms with E-state index in [9.17, 15) is 22.0 Å². The average molecular weight is 502 g/mol. The van der Waals surface area contributed by atoms with Gasteiger partial charge < -0.3 is 4.74 Å². The number of thiazole rings is 1. The lowest BCUT2D eigenvalue weighted by molar-refractivity contribution is -0.141. The molecular weight excluding hydrogens is 485 g/mol. The van der Waals surface area contributed by atoms with E-state index >= 15 is 0 Å². The first-order chi connectivity index (χ1) is 15.4. The molecule has 3 aromatic rings. The van der Waals surface area contributed by atoms with Gasteiger partial charge in [0.25, 0.3) is 5.92 Å². The summed E-state index contributed by atoms with van der Waals surface area (Å²) in [6.07, 6.45) is -4.90. The predicted octanol–water partition coefficient (Wildman–Crippen LogP) is 7.21. The van der Waals surface area contributed by atoms with Crippen molar-refractivity contribution in [3.8, 4) is 16.6 Å².